The molecule has 0 bridgehead atoms. The van der Waals surface area contributed by atoms with Crippen molar-refractivity contribution in [1.29, 1.82) is 0 Å². The zero-order valence-electron chi connectivity index (χ0n) is 17.3. The predicted octanol–water partition coefficient (Wildman–Crippen LogP) is -4.64. The van der Waals surface area contributed by atoms with Gasteiger partial charge in [-0.25, -0.2) is 4.79 Å². The van der Waals surface area contributed by atoms with Gasteiger partial charge in [-0.05, 0) is 19.8 Å². The molecule has 11 N–H and O–H groups in total. The summed E-state index contributed by atoms with van der Waals surface area (Å²) < 4.78 is 0. The third-order valence-corrected chi connectivity index (χ3v) is 4.18. The van der Waals surface area contributed by atoms with Crippen LogP contribution >= 0.6 is 0 Å². The lowest BCUT2D eigenvalue weighted by molar-refractivity contribution is -0.143. The van der Waals surface area contributed by atoms with E-state index in [2.05, 4.69) is 10.6 Å². The largest absolute Gasteiger partial charge is 0.481 e. The van der Waals surface area contributed by atoms with Crippen molar-refractivity contribution in [3.8, 4) is 0 Å². The zero-order valence-corrected chi connectivity index (χ0v) is 17.3. The average molecular weight is 463 g/mol. The second kappa shape index (κ2) is 13.9. The number of rotatable bonds is 15. The molecule has 15 heteroatoms. The summed E-state index contributed by atoms with van der Waals surface area (Å²) in [7, 11) is 0. The Labute approximate surface area is 182 Å². The van der Waals surface area contributed by atoms with Gasteiger partial charge in [-0.2, -0.15) is 0 Å². The third-order valence-electron chi connectivity index (χ3n) is 4.18. The summed E-state index contributed by atoms with van der Waals surface area (Å²) in [6, 6.07) is -6.09. The second-order valence-electron chi connectivity index (χ2n) is 6.91. The zero-order chi connectivity index (χ0) is 25.0. The second-order valence-corrected chi connectivity index (χ2v) is 6.91. The van der Waals surface area contributed by atoms with Gasteiger partial charge in [0.1, 0.15) is 18.1 Å². The number of hydrogen-bond acceptors (Lipinski definition) is 9. The fourth-order valence-corrected chi connectivity index (χ4v) is 2.35. The van der Waals surface area contributed by atoms with E-state index in [-0.39, 0.29) is 19.3 Å². The van der Waals surface area contributed by atoms with E-state index in [9.17, 15) is 33.9 Å². The Morgan fingerprint density at radius 1 is 0.844 bits per heavy atom. The Morgan fingerprint density at radius 3 is 1.84 bits per heavy atom. The molecule has 5 atom stereocenters. The van der Waals surface area contributed by atoms with Gasteiger partial charge >= 0.3 is 11.9 Å². The maximum atomic E-state index is 12.6. The van der Waals surface area contributed by atoms with E-state index < -0.39 is 78.9 Å². The van der Waals surface area contributed by atoms with Crippen LogP contribution in [-0.4, -0.2) is 92.9 Å². The van der Waals surface area contributed by atoms with Crippen LogP contribution in [0.15, 0.2) is 0 Å². The molecule has 0 aliphatic carbocycles. The van der Waals surface area contributed by atoms with Crippen molar-refractivity contribution in [3.63, 3.8) is 0 Å². The molecule has 0 aromatic rings. The fraction of sp³-hybridized carbons (Fsp3) is 0.647. The molecule has 0 aliphatic rings. The molecule has 0 saturated carbocycles. The van der Waals surface area contributed by atoms with Gasteiger partial charge in [0.25, 0.3) is 0 Å². The molecular weight excluding hydrogens is 434 g/mol. The van der Waals surface area contributed by atoms with E-state index in [0.29, 0.717) is 0 Å². The normalized spacial score (nSPS) is 15.4. The molecule has 0 rings (SSSR count). The van der Waals surface area contributed by atoms with Crippen LogP contribution in [0.2, 0.25) is 0 Å². The SMILES string of the molecule is CC(O)C(NC(=O)C(N)CCC(=O)O)C(=O)NC(CCC(N)=O)C(=O)NC(CO)C(=O)O. The standard InChI is InChI=1S/C17H29N5O10/c1-7(24)13(22-14(28)8(18)2-5-12(26)27)16(30)20-9(3-4-11(19)25)15(29)21-10(6-23)17(31)32/h7-10,13,23-24H,2-6,18H2,1H3,(H2,19,25)(H,20,30)(H,21,29)(H,22,28)(H,26,27)(H,31,32). The van der Waals surface area contributed by atoms with Crippen molar-refractivity contribution in [2.75, 3.05) is 6.61 Å². The number of carboxylic acid groups (broad SMARTS) is 2. The summed E-state index contributed by atoms with van der Waals surface area (Å²) in [5, 5.41) is 42.7. The van der Waals surface area contributed by atoms with Crippen molar-refractivity contribution < 1.29 is 49.2 Å². The molecule has 0 heterocycles. The van der Waals surface area contributed by atoms with Crippen LogP contribution in [0.1, 0.15) is 32.6 Å². The van der Waals surface area contributed by atoms with E-state index in [1.165, 1.54) is 0 Å². The maximum absolute atomic E-state index is 12.6. The van der Waals surface area contributed by atoms with Gasteiger partial charge in [0, 0.05) is 12.8 Å². The molecule has 0 spiro atoms. The number of aliphatic hydroxyl groups is 2. The quantitative estimate of drug-likeness (QED) is 0.111. The Balaban J connectivity index is 5.37. The summed E-state index contributed by atoms with van der Waals surface area (Å²) in [6.45, 7) is 0.205. The summed E-state index contributed by atoms with van der Waals surface area (Å²) in [5.74, 6) is -6.63. The molecule has 32 heavy (non-hydrogen) atoms. The number of nitrogens with one attached hydrogen (secondary N) is 3. The molecule has 182 valence electrons. The number of carboxylic acids is 2. The number of nitrogens with two attached hydrogens (primary N) is 2. The number of carbonyl (C=O) groups is 6. The summed E-state index contributed by atoms with van der Waals surface area (Å²) in [4.78, 5) is 69.7. The first-order valence-corrected chi connectivity index (χ1v) is 9.48. The van der Waals surface area contributed by atoms with Crippen molar-refractivity contribution in [2.45, 2.75) is 62.9 Å². The van der Waals surface area contributed by atoms with Crippen LogP contribution in [0, 0.1) is 0 Å². The number of amides is 4. The Morgan fingerprint density at radius 2 is 1.41 bits per heavy atom. The summed E-state index contributed by atoms with van der Waals surface area (Å²) >= 11 is 0. The lowest BCUT2D eigenvalue weighted by Gasteiger charge is -2.26. The van der Waals surface area contributed by atoms with Gasteiger partial charge in [-0.3, -0.25) is 24.0 Å². The first-order chi connectivity index (χ1) is 14.8. The smallest absolute Gasteiger partial charge is 0.328 e. The van der Waals surface area contributed by atoms with Gasteiger partial charge in [0.2, 0.25) is 23.6 Å². The first-order valence-electron chi connectivity index (χ1n) is 9.48. The monoisotopic (exact) mass is 463 g/mol. The highest BCUT2D eigenvalue weighted by atomic mass is 16.4. The Hall–Kier alpha value is -3.30. The van der Waals surface area contributed by atoms with Gasteiger partial charge in [-0.1, -0.05) is 0 Å². The first kappa shape index (κ1) is 28.7. The molecule has 0 aliphatic heterocycles. The fourth-order valence-electron chi connectivity index (χ4n) is 2.35. The topological polar surface area (TPSA) is 271 Å². The highest BCUT2D eigenvalue weighted by Gasteiger charge is 2.32. The van der Waals surface area contributed by atoms with Crippen LogP contribution in [0.3, 0.4) is 0 Å². The number of hydrogen-bond donors (Lipinski definition) is 9. The van der Waals surface area contributed by atoms with Gasteiger partial charge in [0.05, 0.1) is 18.8 Å². The van der Waals surface area contributed by atoms with Gasteiger partial charge < -0.3 is 47.8 Å². The molecule has 0 fully saturated rings. The molecule has 4 amide bonds. The summed E-state index contributed by atoms with van der Waals surface area (Å²) in [6.07, 6.45) is -2.85. The molecule has 0 radical (unpaired) electrons. The Bertz CT molecular complexity index is 714. The number of primary amides is 1. The van der Waals surface area contributed by atoms with Crippen molar-refractivity contribution in [2.24, 2.45) is 11.5 Å². The minimum Gasteiger partial charge on any atom is -0.481 e. The van der Waals surface area contributed by atoms with Crippen LogP contribution < -0.4 is 27.4 Å². The lowest BCUT2D eigenvalue weighted by atomic mass is 10.1. The molecule has 0 aromatic heterocycles. The summed E-state index contributed by atoms with van der Waals surface area (Å²) in [5.41, 5.74) is 10.6. The molecule has 5 unspecified atom stereocenters. The van der Waals surface area contributed by atoms with Crippen LogP contribution in [-0.2, 0) is 28.8 Å². The van der Waals surface area contributed by atoms with Gasteiger partial charge in [-0.15, -0.1) is 0 Å². The maximum Gasteiger partial charge on any atom is 0.328 e. The molecular formula is C17H29N5O10. The highest BCUT2D eigenvalue weighted by Crippen LogP contribution is 2.03. The number of aliphatic carboxylic acids is 2. The van der Waals surface area contributed by atoms with E-state index in [1.54, 1.807) is 0 Å². The van der Waals surface area contributed by atoms with Crippen LogP contribution in [0.4, 0.5) is 0 Å². The van der Waals surface area contributed by atoms with Crippen molar-refractivity contribution >= 4 is 35.6 Å². The van der Waals surface area contributed by atoms with E-state index >= 15 is 0 Å². The highest BCUT2D eigenvalue weighted by molar-refractivity contribution is 5.94. The molecule has 0 aromatic carbocycles. The number of carbonyl (C=O) groups excluding carboxylic acids is 4. The third kappa shape index (κ3) is 10.6. The lowest BCUT2D eigenvalue weighted by Crippen LogP contribution is -2.60. The van der Waals surface area contributed by atoms with Crippen LogP contribution in [0.5, 0.6) is 0 Å². The van der Waals surface area contributed by atoms with E-state index in [0.717, 1.165) is 6.92 Å². The molecule has 0 saturated heterocycles. The van der Waals surface area contributed by atoms with Crippen molar-refractivity contribution in [3.05, 3.63) is 0 Å². The Kier molecular flexibility index (Phi) is 12.5. The minimum absolute atomic E-state index is 0.239. The predicted molar refractivity (Wildman–Crippen MR) is 105 cm³/mol. The van der Waals surface area contributed by atoms with Crippen molar-refractivity contribution in [1.82, 2.24) is 16.0 Å². The van der Waals surface area contributed by atoms with Crippen LogP contribution in [0.25, 0.3) is 0 Å². The van der Waals surface area contributed by atoms with Gasteiger partial charge in [0.15, 0.2) is 0 Å². The average Bonchev–Trinajstić information content (AvgIpc) is 2.69. The molecule has 15 nitrogen and oxygen atoms in total. The van der Waals surface area contributed by atoms with E-state index in [1.807, 2.05) is 5.32 Å². The number of aliphatic hydroxyl groups excluding tert-OH is 2. The minimum atomic E-state index is -1.69. The van der Waals surface area contributed by atoms with E-state index in [4.69, 9.17) is 26.8 Å².